The third-order valence-corrected chi connectivity index (χ3v) is 1.81. The van der Waals surface area contributed by atoms with Crippen molar-refractivity contribution in [2.24, 2.45) is 0 Å². The van der Waals surface area contributed by atoms with Gasteiger partial charge in [0.15, 0.2) is 0 Å². The SMILES string of the molecule is Nc1ccc(O)c(-c2ccco2)c1. The summed E-state index contributed by atoms with van der Waals surface area (Å²) < 4.78 is 5.14. The lowest BCUT2D eigenvalue weighted by molar-refractivity contribution is 0.473. The van der Waals surface area contributed by atoms with Gasteiger partial charge >= 0.3 is 0 Å². The van der Waals surface area contributed by atoms with Gasteiger partial charge in [0.1, 0.15) is 11.5 Å². The number of rotatable bonds is 1. The van der Waals surface area contributed by atoms with Crippen molar-refractivity contribution in [1.82, 2.24) is 0 Å². The van der Waals surface area contributed by atoms with E-state index in [4.69, 9.17) is 10.2 Å². The van der Waals surface area contributed by atoms with Crippen molar-refractivity contribution in [2.75, 3.05) is 5.73 Å². The number of furan rings is 1. The second-order valence-electron chi connectivity index (χ2n) is 2.75. The zero-order chi connectivity index (χ0) is 9.26. The van der Waals surface area contributed by atoms with Gasteiger partial charge in [-0.2, -0.15) is 0 Å². The Morgan fingerprint density at radius 1 is 1.23 bits per heavy atom. The predicted molar refractivity (Wildman–Crippen MR) is 50.2 cm³/mol. The number of anilines is 1. The highest BCUT2D eigenvalue weighted by Gasteiger charge is 2.06. The summed E-state index contributed by atoms with van der Waals surface area (Å²) in [7, 11) is 0. The summed E-state index contributed by atoms with van der Waals surface area (Å²) in [5.74, 6) is 0.786. The maximum absolute atomic E-state index is 9.49. The Hall–Kier alpha value is -1.90. The lowest BCUT2D eigenvalue weighted by Gasteiger charge is -2.01. The van der Waals surface area contributed by atoms with Gasteiger partial charge < -0.3 is 15.3 Å². The number of hydrogen-bond donors (Lipinski definition) is 2. The summed E-state index contributed by atoms with van der Waals surface area (Å²) >= 11 is 0. The first-order chi connectivity index (χ1) is 6.27. The highest BCUT2D eigenvalue weighted by atomic mass is 16.3. The normalized spacial score (nSPS) is 10.2. The summed E-state index contributed by atoms with van der Waals surface area (Å²) in [4.78, 5) is 0. The molecule has 0 saturated carbocycles. The lowest BCUT2D eigenvalue weighted by atomic mass is 10.1. The van der Waals surface area contributed by atoms with Crippen LogP contribution in [0.5, 0.6) is 5.75 Å². The summed E-state index contributed by atoms with van der Waals surface area (Å²) in [6, 6.07) is 8.40. The molecule has 3 nitrogen and oxygen atoms in total. The molecule has 0 aliphatic heterocycles. The zero-order valence-electron chi connectivity index (χ0n) is 6.90. The second-order valence-corrected chi connectivity index (χ2v) is 2.75. The average molecular weight is 175 g/mol. The number of nitrogens with two attached hydrogens (primary N) is 1. The summed E-state index contributed by atoms with van der Waals surface area (Å²) in [5, 5.41) is 9.49. The molecule has 1 aromatic heterocycles. The van der Waals surface area contributed by atoms with Crippen molar-refractivity contribution in [1.29, 1.82) is 0 Å². The molecule has 3 heteroatoms. The van der Waals surface area contributed by atoms with Gasteiger partial charge in [-0.15, -0.1) is 0 Å². The van der Waals surface area contributed by atoms with Crippen LogP contribution in [0.2, 0.25) is 0 Å². The number of hydrogen-bond acceptors (Lipinski definition) is 3. The minimum Gasteiger partial charge on any atom is -0.507 e. The van der Waals surface area contributed by atoms with Gasteiger partial charge in [-0.05, 0) is 30.3 Å². The van der Waals surface area contributed by atoms with Crippen molar-refractivity contribution in [2.45, 2.75) is 0 Å². The summed E-state index contributed by atoms with van der Waals surface area (Å²) in [6.45, 7) is 0. The van der Waals surface area contributed by atoms with Gasteiger partial charge in [0.25, 0.3) is 0 Å². The molecule has 0 unspecified atom stereocenters. The van der Waals surface area contributed by atoms with Crippen LogP contribution in [0.15, 0.2) is 41.0 Å². The fraction of sp³-hybridized carbons (Fsp3) is 0. The monoisotopic (exact) mass is 175 g/mol. The van der Waals surface area contributed by atoms with Crippen molar-refractivity contribution >= 4 is 5.69 Å². The molecule has 1 aromatic carbocycles. The fourth-order valence-electron chi connectivity index (χ4n) is 1.18. The van der Waals surface area contributed by atoms with Crippen LogP contribution in [-0.4, -0.2) is 5.11 Å². The lowest BCUT2D eigenvalue weighted by Crippen LogP contribution is -1.84. The quantitative estimate of drug-likeness (QED) is 0.516. The van der Waals surface area contributed by atoms with E-state index in [1.54, 1.807) is 36.6 Å². The molecule has 2 rings (SSSR count). The first kappa shape index (κ1) is 7.73. The van der Waals surface area contributed by atoms with Gasteiger partial charge in [-0.1, -0.05) is 0 Å². The number of nitrogen functional groups attached to an aromatic ring is 1. The number of aromatic hydroxyl groups is 1. The van der Waals surface area contributed by atoms with Gasteiger partial charge in [0, 0.05) is 5.69 Å². The highest BCUT2D eigenvalue weighted by Crippen LogP contribution is 2.30. The minimum atomic E-state index is 0.171. The van der Waals surface area contributed by atoms with Gasteiger partial charge in [-0.3, -0.25) is 0 Å². The Morgan fingerprint density at radius 2 is 2.08 bits per heavy atom. The van der Waals surface area contributed by atoms with Crippen LogP contribution in [0.1, 0.15) is 0 Å². The third kappa shape index (κ3) is 1.36. The fourth-order valence-corrected chi connectivity index (χ4v) is 1.18. The molecule has 13 heavy (non-hydrogen) atoms. The van der Waals surface area contributed by atoms with E-state index in [1.165, 1.54) is 0 Å². The Balaban J connectivity index is 2.57. The van der Waals surface area contributed by atoms with Gasteiger partial charge in [0.2, 0.25) is 0 Å². The van der Waals surface area contributed by atoms with Crippen LogP contribution in [0.3, 0.4) is 0 Å². The van der Waals surface area contributed by atoms with E-state index < -0.39 is 0 Å². The van der Waals surface area contributed by atoms with Crippen LogP contribution >= 0.6 is 0 Å². The smallest absolute Gasteiger partial charge is 0.137 e. The number of phenols is 1. The van der Waals surface area contributed by atoms with Gasteiger partial charge in [-0.25, -0.2) is 0 Å². The van der Waals surface area contributed by atoms with Crippen molar-refractivity contribution < 1.29 is 9.52 Å². The summed E-state index contributed by atoms with van der Waals surface area (Å²) in [5.41, 5.74) is 6.80. The maximum atomic E-state index is 9.49. The number of phenolic OH excluding ortho intramolecular Hbond substituents is 1. The van der Waals surface area contributed by atoms with Crippen LogP contribution in [-0.2, 0) is 0 Å². The molecule has 0 atom stereocenters. The van der Waals surface area contributed by atoms with Crippen LogP contribution in [0.25, 0.3) is 11.3 Å². The molecule has 0 fully saturated rings. The molecular formula is C10H9NO2. The molecule has 0 amide bonds. The largest absolute Gasteiger partial charge is 0.507 e. The Bertz CT molecular complexity index is 407. The first-order valence-electron chi connectivity index (χ1n) is 3.90. The topological polar surface area (TPSA) is 59.4 Å². The predicted octanol–water partition coefficient (Wildman–Crippen LogP) is 2.23. The molecule has 0 saturated heterocycles. The summed E-state index contributed by atoms with van der Waals surface area (Å²) in [6.07, 6.45) is 1.55. The third-order valence-electron chi connectivity index (χ3n) is 1.81. The highest BCUT2D eigenvalue weighted by molar-refractivity contribution is 5.69. The molecule has 0 spiro atoms. The van der Waals surface area contributed by atoms with Crippen molar-refractivity contribution in [3.63, 3.8) is 0 Å². The molecular weight excluding hydrogens is 166 g/mol. The standard InChI is InChI=1S/C10H9NO2/c11-7-3-4-9(12)8(6-7)10-2-1-5-13-10/h1-6,12H,11H2. The Morgan fingerprint density at radius 3 is 2.77 bits per heavy atom. The molecule has 0 aliphatic carbocycles. The molecule has 0 radical (unpaired) electrons. The molecule has 3 N–H and O–H groups in total. The molecule has 66 valence electrons. The van der Waals surface area contributed by atoms with E-state index in [0.717, 1.165) is 0 Å². The van der Waals surface area contributed by atoms with E-state index >= 15 is 0 Å². The Labute approximate surface area is 75.4 Å². The average Bonchev–Trinajstić information content (AvgIpc) is 2.61. The second kappa shape index (κ2) is 2.86. The first-order valence-corrected chi connectivity index (χ1v) is 3.90. The Kier molecular flexibility index (Phi) is 1.70. The van der Waals surface area contributed by atoms with E-state index in [2.05, 4.69) is 0 Å². The van der Waals surface area contributed by atoms with Crippen molar-refractivity contribution in [3.05, 3.63) is 36.6 Å². The van der Waals surface area contributed by atoms with E-state index in [-0.39, 0.29) is 5.75 Å². The van der Waals surface area contributed by atoms with E-state index in [0.29, 0.717) is 17.0 Å². The molecule has 0 aliphatic rings. The maximum Gasteiger partial charge on any atom is 0.137 e. The molecule has 2 aromatic rings. The van der Waals surface area contributed by atoms with Crippen LogP contribution < -0.4 is 5.73 Å². The van der Waals surface area contributed by atoms with Crippen LogP contribution in [0.4, 0.5) is 5.69 Å². The minimum absolute atomic E-state index is 0.171. The van der Waals surface area contributed by atoms with E-state index in [9.17, 15) is 5.11 Å². The number of benzene rings is 1. The molecule has 0 bridgehead atoms. The van der Waals surface area contributed by atoms with Crippen LogP contribution in [0, 0.1) is 0 Å². The van der Waals surface area contributed by atoms with Gasteiger partial charge in [0.05, 0.1) is 11.8 Å². The van der Waals surface area contributed by atoms with Crippen molar-refractivity contribution in [3.8, 4) is 17.1 Å². The van der Waals surface area contributed by atoms with E-state index in [1.807, 2.05) is 0 Å². The zero-order valence-corrected chi connectivity index (χ0v) is 6.90. The molecule has 1 heterocycles.